The van der Waals surface area contributed by atoms with Gasteiger partial charge in [-0.15, -0.1) is 13.2 Å². The number of benzene rings is 2. The Morgan fingerprint density at radius 2 is 1.93 bits per heavy atom. The summed E-state index contributed by atoms with van der Waals surface area (Å²) in [7, 11) is 0. The molecule has 1 fully saturated rings. The van der Waals surface area contributed by atoms with Gasteiger partial charge in [0.1, 0.15) is 11.8 Å². The first kappa shape index (κ1) is 18.6. The van der Waals surface area contributed by atoms with Gasteiger partial charge in [0.2, 0.25) is 0 Å². The molecule has 0 aliphatic carbocycles. The summed E-state index contributed by atoms with van der Waals surface area (Å²) in [6.07, 6.45) is -1.70. The second-order valence-electron chi connectivity index (χ2n) is 6.33. The van der Waals surface area contributed by atoms with Gasteiger partial charge in [0.25, 0.3) is 0 Å². The molecule has 0 saturated carbocycles. The highest BCUT2D eigenvalue weighted by atomic mass is 19.4. The molecule has 0 N–H and O–H groups in total. The number of halogens is 3. The van der Waals surface area contributed by atoms with Crippen molar-refractivity contribution in [2.24, 2.45) is 0 Å². The van der Waals surface area contributed by atoms with Gasteiger partial charge < -0.3 is 4.74 Å². The molecule has 1 aromatic heterocycles. The van der Waals surface area contributed by atoms with E-state index in [2.05, 4.69) is 15.8 Å². The number of alkyl halides is 3. The van der Waals surface area contributed by atoms with Crippen LogP contribution >= 0.6 is 0 Å². The van der Waals surface area contributed by atoms with Crippen LogP contribution in [0.5, 0.6) is 5.75 Å². The van der Waals surface area contributed by atoms with Crippen LogP contribution in [0.3, 0.4) is 0 Å². The molecule has 1 atom stereocenters. The van der Waals surface area contributed by atoms with Crippen molar-refractivity contribution in [3.8, 4) is 11.8 Å². The van der Waals surface area contributed by atoms with Crippen molar-refractivity contribution in [2.45, 2.75) is 12.4 Å². The van der Waals surface area contributed by atoms with Gasteiger partial charge in [0.05, 0.1) is 24.5 Å². The number of rotatable bonds is 3. The van der Waals surface area contributed by atoms with E-state index < -0.39 is 24.2 Å². The molecule has 0 spiro atoms. The van der Waals surface area contributed by atoms with Crippen molar-refractivity contribution >= 4 is 28.2 Å². The standard InChI is InChI=1S/C20H13F3N4O2/c21-20(22,23)29-16-6-3-5-14(8-16)26-12-15(9-24)27(19(26)28)18-11-25-10-13-4-1-2-7-17(13)18/h1-8,10-11,15H,12H2/t15-/m1/s1. The Morgan fingerprint density at radius 1 is 1.14 bits per heavy atom. The minimum atomic E-state index is -4.84. The Bertz CT molecular complexity index is 1120. The van der Waals surface area contributed by atoms with Crippen LogP contribution in [0.4, 0.5) is 29.3 Å². The third-order valence-electron chi connectivity index (χ3n) is 4.52. The van der Waals surface area contributed by atoms with Crippen LogP contribution < -0.4 is 14.5 Å². The SMILES string of the molecule is N#C[C@@H]1CN(c2cccc(OC(F)(F)F)c2)C(=O)N1c1cncc2ccccc12. The Hall–Kier alpha value is -3.80. The van der Waals surface area contributed by atoms with E-state index in [1.54, 1.807) is 6.20 Å². The molecule has 146 valence electrons. The number of ether oxygens (including phenoxy) is 1. The molecule has 9 heteroatoms. The predicted molar refractivity (Wildman–Crippen MR) is 99.5 cm³/mol. The van der Waals surface area contributed by atoms with E-state index in [0.717, 1.165) is 22.9 Å². The molecule has 1 aliphatic rings. The summed E-state index contributed by atoms with van der Waals surface area (Å²) in [6.45, 7) is -0.00593. The van der Waals surface area contributed by atoms with Gasteiger partial charge in [-0.1, -0.05) is 30.3 Å². The summed E-state index contributed by atoms with van der Waals surface area (Å²) in [5.74, 6) is -0.443. The van der Waals surface area contributed by atoms with Crippen LogP contribution in [0.25, 0.3) is 10.8 Å². The summed E-state index contributed by atoms with van der Waals surface area (Å²) in [6, 6.07) is 13.1. The number of amides is 2. The predicted octanol–water partition coefficient (Wildman–Crippen LogP) is 4.47. The second-order valence-corrected chi connectivity index (χ2v) is 6.33. The number of aromatic nitrogens is 1. The summed E-state index contributed by atoms with van der Waals surface area (Å²) < 4.78 is 41.5. The topological polar surface area (TPSA) is 69.5 Å². The molecular weight excluding hydrogens is 385 g/mol. The summed E-state index contributed by atoms with van der Waals surface area (Å²) in [4.78, 5) is 19.8. The van der Waals surface area contributed by atoms with Crippen LogP contribution in [0.2, 0.25) is 0 Å². The number of anilines is 2. The van der Waals surface area contributed by atoms with Gasteiger partial charge in [0.15, 0.2) is 0 Å². The van der Waals surface area contributed by atoms with Crippen LogP contribution in [0, 0.1) is 11.3 Å². The lowest BCUT2D eigenvalue weighted by atomic mass is 10.1. The molecule has 0 bridgehead atoms. The molecule has 6 nitrogen and oxygen atoms in total. The molecule has 2 heterocycles. The number of hydrogen-bond acceptors (Lipinski definition) is 4. The molecule has 4 rings (SSSR count). The Kier molecular flexibility index (Phi) is 4.47. The molecular formula is C20H13F3N4O2. The highest BCUT2D eigenvalue weighted by Crippen LogP contribution is 2.34. The maximum absolute atomic E-state index is 13.1. The quantitative estimate of drug-likeness (QED) is 0.653. The fourth-order valence-corrected chi connectivity index (χ4v) is 3.32. The Balaban J connectivity index is 1.72. The zero-order chi connectivity index (χ0) is 20.6. The van der Waals surface area contributed by atoms with E-state index in [0.29, 0.717) is 5.69 Å². The van der Waals surface area contributed by atoms with Crippen molar-refractivity contribution in [3.05, 3.63) is 60.9 Å². The fraction of sp³-hybridized carbons (Fsp3) is 0.150. The van der Waals surface area contributed by atoms with E-state index in [9.17, 15) is 23.2 Å². The first-order chi connectivity index (χ1) is 13.9. The summed E-state index contributed by atoms with van der Waals surface area (Å²) in [5, 5.41) is 11.1. The van der Waals surface area contributed by atoms with Crippen molar-refractivity contribution in [1.29, 1.82) is 5.26 Å². The normalized spacial score (nSPS) is 16.9. The van der Waals surface area contributed by atoms with E-state index in [1.807, 2.05) is 24.3 Å². The molecule has 1 saturated heterocycles. The van der Waals surface area contributed by atoms with Crippen LogP contribution in [-0.2, 0) is 0 Å². The average Bonchev–Trinajstić information content (AvgIpc) is 3.02. The highest BCUT2D eigenvalue weighted by Gasteiger charge is 2.40. The van der Waals surface area contributed by atoms with Gasteiger partial charge in [0, 0.05) is 28.7 Å². The highest BCUT2D eigenvalue weighted by molar-refractivity contribution is 6.11. The molecule has 2 amide bonds. The first-order valence-electron chi connectivity index (χ1n) is 8.56. The molecule has 0 radical (unpaired) electrons. The molecule has 29 heavy (non-hydrogen) atoms. The number of fused-ring (bicyclic) bond motifs is 1. The van der Waals surface area contributed by atoms with E-state index in [4.69, 9.17) is 0 Å². The van der Waals surface area contributed by atoms with Gasteiger partial charge in [-0.2, -0.15) is 5.26 Å². The lowest BCUT2D eigenvalue weighted by molar-refractivity contribution is -0.274. The number of carbonyl (C=O) groups excluding carboxylic acids is 1. The summed E-state index contributed by atoms with van der Waals surface area (Å²) in [5.41, 5.74) is 0.664. The maximum Gasteiger partial charge on any atom is 0.573 e. The van der Waals surface area contributed by atoms with E-state index in [1.165, 1.54) is 28.1 Å². The molecule has 2 aromatic carbocycles. The van der Waals surface area contributed by atoms with Crippen LogP contribution in [0.15, 0.2) is 60.9 Å². The van der Waals surface area contributed by atoms with Crippen molar-refractivity contribution < 1.29 is 22.7 Å². The van der Waals surface area contributed by atoms with Gasteiger partial charge >= 0.3 is 12.4 Å². The molecule has 1 aliphatic heterocycles. The largest absolute Gasteiger partial charge is 0.573 e. The van der Waals surface area contributed by atoms with E-state index in [-0.39, 0.29) is 12.2 Å². The number of pyridine rings is 1. The monoisotopic (exact) mass is 398 g/mol. The average molecular weight is 398 g/mol. The smallest absolute Gasteiger partial charge is 0.406 e. The molecule has 3 aromatic rings. The number of hydrogen-bond donors (Lipinski definition) is 0. The zero-order valence-electron chi connectivity index (χ0n) is 14.8. The zero-order valence-corrected chi connectivity index (χ0v) is 14.8. The first-order valence-corrected chi connectivity index (χ1v) is 8.56. The summed E-state index contributed by atoms with van der Waals surface area (Å²) >= 11 is 0. The number of urea groups is 1. The molecule has 0 unspecified atom stereocenters. The van der Waals surface area contributed by atoms with Crippen molar-refractivity contribution in [1.82, 2.24) is 4.98 Å². The third kappa shape index (κ3) is 3.52. The number of carbonyl (C=O) groups is 1. The minimum absolute atomic E-state index is 0.00593. The van der Waals surface area contributed by atoms with E-state index >= 15 is 0 Å². The maximum atomic E-state index is 13.1. The van der Waals surface area contributed by atoms with Gasteiger partial charge in [-0.05, 0) is 12.1 Å². The third-order valence-corrected chi connectivity index (χ3v) is 4.52. The fourth-order valence-electron chi connectivity index (χ4n) is 3.32. The minimum Gasteiger partial charge on any atom is -0.406 e. The number of nitrogens with zero attached hydrogens (tertiary/aromatic N) is 4. The van der Waals surface area contributed by atoms with Crippen LogP contribution in [-0.4, -0.2) is 30.0 Å². The van der Waals surface area contributed by atoms with Crippen LogP contribution in [0.1, 0.15) is 0 Å². The number of nitriles is 1. The Labute approximate surface area is 163 Å². The second kappa shape index (κ2) is 6.98. The van der Waals surface area contributed by atoms with Crippen molar-refractivity contribution in [2.75, 3.05) is 16.3 Å². The van der Waals surface area contributed by atoms with Gasteiger partial charge in [-0.25, -0.2) is 4.79 Å². The van der Waals surface area contributed by atoms with Gasteiger partial charge in [-0.3, -0.25) is 14.8 Å². The lowest BCUT2D eigenvalue weighted by Gasteiger charge is -2.21. The Morgan fingerprint density at radius 3 is 2.69 bits per heavy atom. The lowest BCUT2D eigenvalue weighted by Crippen LogP contribution is -2.34. The van der Waals surface area contributed by atoms with Crippen molar-refractivity contribution in [3.63, 3.8) is 0 Å².